The zero-order valence-electron chi connectivity index (χ0n) is 12.7. The Kier molecular flexibility index (Phi) is 4.99. The second-order valence-electron chi connectivity index (χ2n) is 6.72. The molecule has 0 heterocycles. The normalized spacial score (nSPS) is 16.8. The first-order chi connectivity index (χ1) is 8.64. The van der Waals surface area contributed by atoms with E-state index in [0.717, 1.165) is 5.75 Å². The molecule has 1 aromatic carbocycles. The second-order valence-corrected chi connectivity index (χ2v) is 6.72. The minimum Gasteiger partial charge on any atom is -0.491 e. The lowest BCUT2D eigenvalue weighted by Gasteiger charge is -2.26. The second kappa shape index (κ2) is 5.93. The van der Waals surface area contributed by atoms with E-state index >= 15 is 0 Å². The van der Waals surface area contributed by atoms with Crippen molar-refractivity contribution in [1.82, 2.24) is 0 Å². The standard InChI is InChI=1S/C16H27NO2/c1-12(10-16(5,17)11-18)19-14-8-6-13(7-9-14)15(2,3)4/h6-9,12,18H,10-11,17H2,1-5H3. The molecule has 108 valence electrons. The van der Waals surface area contributed by atoms with Crippen LogP contribution in [-0.2, 0) is 5.41 Å². The maximum atomic E-state index is 9.15. The molecule has 3 heteroatoms. The van der Waals surface area contributed by atoms with E-state index in [1.54, 1.807) is 0 Å². The van der Waals surface area contributed by atoms with Crippen LogP contribution >= 0.6 is 0 Å². The molecule has 3 nitrogen and oxygen atoms in total. The monoisotopic (exact) mass is 265 g/mol. The van der Waals surface area contributed by atoms with E-state index in [0.29, 0.717) is 6.42 Å². The first kappa shape index (κ1) is 16.0. The van der Waals surface area contributed by atoms with Gasteiger partial charge >= 0.3 is 0 Å². The van der Waals surface area contributed by atoms with Crippen molar-refractivity contribution in [2.45, 2.75) is 58.1 Å². The van der Waals surface area contributed by atoms with E-state index in [-0.39, 0.29) is 18.1 Å². The first-order valence-electron chi connectivity index (χ1n) is 6.81. The fraction of sp³-hybridized carbons (Fsp3) is 0.625. The summed E-state index contributed by atoms with van der Waals surface area (Å²) in [5.41, 5.74) is 6.76. The molecule has 0 fully saturated rings. The van der Waals surface area contributed by atoms with Gasteiger partial charge in [-0.15, -0.1) is 0 Å². The van der Waals surface area contributed by atoms with Gasteiger partial charge in [0, 0.05) is 12.0 Å². The quantitative estimate of drug-likeness (QED) is 0.860. The average molecular weight is 265 g/mol. The van der Waals surface area contributed by atoms with Gasteiger partial charge in [-0.2, -0.15) is 0 Å². The third-order valence-corrected chi connectivity index (χ3v) is 3.17. The van der Waals surface area contributed by atoms with Crippen molar-refractivity contribution in [3.63, 3.8) is 0 Å². The third kappa shape index (κ3) is 5.21. The molecule has 0 saturated carbocycles. The lowest BCUT2D eigenvalue weighted by molar-refractivity contribution is 0.133. The van der Waals surface area contributed by atoms with Gasteiger partial charge in [0.15, 0.2) is 0 Å². The SMILES string of the molecule is CC(CC(C)(N)CO)Oc1ccc(C(C)(C)C)cc1. The maximum absolute atomic E-state index is 9.15. The van der Waals surface area contributed by atoms with Gasteiger partial charge in [0.2, 0.25) is 0 Å². The maximum Gasteiger partial charge on any atom is 0.119 e. The largest absolute Gasteiger partial charge is 0.491 e. The van der Waals surface area contributed by atoms with Crippen molar-refractivity contribution in [2.24, 2.45) is 5.73 Å². The highest BCUT2D eigenvalue weighted by molar-refractivity contribution is 5.31. The van der Waals surface area contributed by atoms with Crippen LogP contribution < -0.4 is 10.5 Å². The molecular weight excluding hydrogens is 238 g/mol. The van der Waals surface area contributed by atoms with E-state index in [4.69, 9.17) is 15.6 Å². The molecule has 0 spiro atoms. The van der Waals surface area contributed by atoms with E-state index in [2.05, 4.69) is 32.9 Å². The number of hydrogen-bond acceptors (Lipinski definition) is 3. The molecular formula is C16H27NO2. The number of rotatable bonds is 5. The van der Waals surface area contributed by atoms with Crippen molar-refractivity contribution in [1.29, 1.82) is 0 Å². The Bertz CT molecular complexity index is 390. The average Bonchev–Trinajstić information content (AvgIpc) is 2.27. The molecule has 2 unspecified atom stereocenters. The van der Waals surface area contributed by atoms with Crippen molar-refractivity contribution in [3.8, 4) is 5.75 Å². The molecule has 0 aromatic heterocycles. The lowest BCUT2D eigenvalue weighted by atomic mass is 9.87. The van der Waals surface area contributed by atoms with Crippen LogP contribution in [0, 0.1) is 0 Å². The molecule has 3 N–H and O–H groups in total. The summed E-state index contributed by atoms with van der Waals surface area (Å²) in [7, 11) is 0. The van der Waals surface area contributed by atoms with Crippen LogP contribution in [0.4, 0.5) is 0 Å². The topological polar surface area (TPSA) is 55.5 Å². The van der Waals surface area contributed by atoms with Gasteiger partial charge < -0.3 is 15.6 Å². The van der Waals surface area contributed by atoms with Crippen LogP contribution in [0.5, 0.6) is 5.75 Å². The minimum atomic E-state index is -0.592. The molecule has 0 amide bonds. The lowest BCUT2D eigenvalue weighted by Crippen LogP contribution is -2.43. The van der Waals surface area contributed by atoms with Crippen molar-refractivity contribution < 1.29 is 9.84 Å². The highest BCUT2D eigenvalue weighted by atomic mass is 16.5. The number of benzene rings is 1. The summed E-state index contributed by atoms with van der Waals surface area (Å²) in [5.74, 6) is 0.842. The Hall–Kier alpha value is -1.06. The Labute approximate surface area is 116 Å². The number of aliphatic hydroxyl groups excluding tert-OH is 1. The van der Waals surface area contributed by atoms with E-state index in [1.165, 1.54) is 5.56 Å². The summed E-state index contributed by atoms with van der Waals surface area (Å²) < 4.78 is 5.83. The fourth-order valence-electron chi connectivity index (χ4n) is 2.03. The molecule has 2 atom stereocenters. The Morgan fingerprint density at radius 3 is 2.11 bits per heavy atom. The zero-order valence-corrected chi connectivity index (χ0v) is 12.7. The van der Waals surface area contributed by atoms with Gasteiger partial charge in [0.25, 0.3) is 0 Å². The summed E-state index contributed by atoms with van der Waals surface area (Å²) in [5, 5.41) is 9.15. The third-order valence-electron chi connectivity index (χ3n) is 3.17. The molecule has 0 bridgehead atoms. The zero-order chi connectivity index (χ0) is 14.7. The van der Waals surface area contributed by atoms with Crippen LogP contribution in [0.25, 0.3) is 0 Å². The molecule has 19 heavy (non-hydrogen) atoms. The Morgan fingerprint density at radius 2 is 1.68 bits per heavy atom. The van der Waals surface area contributed by atoms with Crippen molar-refractivity contribution in [2.75, 3.05) is 6.61 Å². The van der Waals surface area contributed by atoms with Crippen molar-refractivity contribution >= 4 is 0 Å². The summed E-state index contributed by atoms with van der Waals surface area (Å²) >= 11 is 0. The number of aliphatic hydroxyl groups is 1. The van der Waals surface area contributed by atoms with Gasteiger partial charge in [-0.3, -0.25) is 0 Å². The molecule has 1 aromatic rings. The van der Waals surface area contributed by atoms with E-state index < -0.39 is 5.54 Å². The molecule has 0 saturated heterocycles. The Balaban J connectivity index is 2.63. The summed E-state index contributed by atoms with van der Waals surface area (Å²) in [6.45, 7) is 10.3. The number of hydrogen-bond donors (Lipinski definition) is 2. The molecule has 1 rings (SSSR count). The molecule has 0 aliphatic rings. The Morgan fingerprint density at radius 1 is 1.16 bits per heavy atom. The molecule has 0 aliphatic carbocycles. The van der Waals surface area contributed by atoms with Gasteiger partial charge in [-0.25, -0.2) is 0 Å². The summed E-state index contributed by atoms with van der Waals surface area (Å²) in [6, 6.07) is 8.17. The van der Waals surface area contributed by atoms with E-state index in [1.807, 2.05) is 26.0 Å². The van der Waals surface area contributed by atoms with Crippen LogP contribution in [0.1, 0.15) is 46.6 Å². The van der Waals surface area contributed by atoms with Gasteiger partial charge in [0.05, 0.1) is 12.7 Å². The predicted octanol–water partition coefficient (Wildman–Crippen LogP) is 2.85. The van der Waals surface area contributed by atoms with Gasteiger partial charge in [0.1, 0.15) is 5.75 Å². The molecule has 0 aliphatic heterocycles. The predicted molar refractivity (Wildman–Crippen MR) is 79.5 cm³/mol. The smallest absolute Gasteiger partial charge is 0.119 e. The fourth-order valence-corrected chi connectivity index (χ4v) is 2.03. The van der Waals surface area contributed by atoms with E-state index in [9.17, 15) is 0 Å². The highest BCUT2D eigenvalue weighted by Gasteiger charge is 2.21. The first-order valence-corrected chi connectivity index (χ1v) is 6.81. The number of nitrogens with two attached hydrogens (primary N) is 1. The highest BCUT2D eigenvalue weighted by Crippen LogP contribution is 2.25. The van der Waals surface area contributed by atoms with Crippen molar-refractivity contribution in [3.05, 3.63) is 29.8 Å². The van der Waals surface area contributed by atoms with Gasteiger partial charge in [-0.05, 0) is 37.0 Å². The van der Waals surface area contributed by atoms with Crippen LogP contribution in [-0.4, -0.2) is 23.4 Å². The summed E-state index contributed by atoms with van der Waals surface area (Å²) in [6.07, 6.45) is 0.590. The molecule has 0 radical (unpaired) electrons. The minimum absolute atomic E-state index is 0.0253. The summed E-state index contributed by atoms with van der Waals surface area (Å²) in [4.78, 5) is 0. The number of ether oxygens (including phenoxy) is 1. The van der Waals surface area contributed by atoms with Crippen LogP contribution in [0.3, 0.4) is 0 Å². The van der Waals surface area contributed by atoms with Gasteiger partial charge in [-0.1, -0.05) is 32.9 Å². The van der Waals surface area contributed by atoms with Crippen LogP contribution in [0.2, 0.25) is 0 Å². The van der Waals surface area contributed by atoms with Crippen LogP contribution in [0.15, 0.2) is 24.3 Å².